The number of aryl methyl sites for hydroxylation is 4. The zero-order chi connectivity index (χ0) is 14.8. The van der Waals surface area contributed by atoms with Gasteiger partial charge in [0.15, 0.2) is 0 Å². The predicted octanol–water partition coefficient (Wildman–Crippen LogP) is 5.39. The summed E-state index contributed by atoms with van der Waals surface area (Å²) in [4.78, 5) is 6.11. The van der Waals surface area contributed by atoms with Crippen molar-refractivity contribution in [1.82, 2.24) is 5.32 Å². The number of thiophene rings is 2. The number of rotatable bonds is 5. The fourth-order valence-electron chi connectivity index (χ4n) is 3.21. The average molecular weight is 320 g/mol. The van der Waals surface area contributed by atoms with Crippen molar-refractivity contribution in [3.8, 4) is 0 Å². The van der Waals surface area contributed by atoms with E-state index in [4.69, 9.17) is 0 Å². The van der Waals surface area contributed by atoms with E-state index >= 15 is 0 Å². The monoisotopic (exact) mass is 319 g/mol. The maximum Gasteiger partial charge on any atom is 0.0767 e. The Bertz CT molecular complexity index is 585. The van der Waals surface area contributed by atoms with Crippen molar-refractivity contribution in [2.75, 3.05) is 6.54 Å². The SMILES string of the molecule is CCCNC(c1cc2c(s1)CCCC2)c1sc(C)cc1C. The van der Waals surface area contributed by atoms with Crippen LogP contribution in [0.3, 0.4) is 0 Å². The van der Waals surface area contributed by atoms with E-state index in [0.717, 1.165) is 6.54 Å². The van der Waals surface area contributed by atoms with Crippen LogP contribution in [0.4, 0.5) is 0 Å². The maximum atomic E-state index is 3.79. The summed E-state index contributed by atoms with van der Waals surface area (Å²) in [6.07, 6.45) is 6.51. The largest absolute Gasteiger partial charge is 0.305 e. The van der Waals surface area contributed by atoms with Crippen LogP contribution in [0.25, 0.3) is 0 Å². The minimum absolute atomic E-state index is 0.402. The summed E-state index contributed by atoms with van der Waals surface area (Å²) in [5, 5.41) is 3.79. The van der Waals surface area contributed by atoms with Gasteiger partial charge >= 0.3 is 0 Å². The third kappa shape index (κ3) is 3.25. The third-order valence-electron chi connectivity index (χ3n) is 4.24. The molecule has 1 N–H and O–H groups in total. The van der Waals surface area contributed by atoms with E-state index in [1.165, 1.54) is 52.3 Å². The van der Waals surface area contributed by atoms with Gasteiger partial charge in [-0.1, -0.05) is 6.92 Å². The molecule has 1 aliphatic carbocycles. The Morgan fingerprint density at radius 3 is 2.62 bits per heavy atom. The van der Waals surface area contributed by atoms with Gasteiger partial charge in [-0.3, -0.25) is 0 Å². The molecule has 0 amide bonds. The molecule has 0 radical (unpaired) electrons. The predicted molar refractivity (Wildman–Crippen MR) is 94.9 cm³/mol. The maximum absolute atomic E-state index is 3.79. The highest BCUT2D eigenvalue weighted by Crippen LogP contribution is 2.38. The molecule has 1 aliphatic rings. The van der Waals surface area contributed by atoms with Crippen LogP contribution in [0, 0.1) is 13.8 Å². The summed E-state index contributed by atoms with van der Waals surface area (Å²) < 4.78 is 0. The molecule has 0 spiro atoms. The highest BCUT2D eigenvalue weighted by Gasteiger charge is 2.22. The molecule has 0 fully saturated rings. The summed E-state index contributed by atoms with van der Waals surface area (Å²) in [6.45, 7) is 7.81. The van der Waals surface area contributed by atoms with Crippen LogP contribution in [0.2, 0.25) is 0 Å². The molecule has 114 valence electrons. The molecule has 0 aromatic carbocycles. The van der Waals surface area contributed by atoms with E-state index in [-0.39, 0.29) is 0 Å². The summed E-state index contributed by atoms with van der Waals surface area (Å²) in [7, 11) is 0. The van der Waals surface area contributed by atoms with Crippen molar-refractivity contribution in [3.05, 3.63) is 42.8 Å². The standard InChI is InChI=1S/C18H25NS2/c1-4-9-19-17(18-12(2)10-13(3)20-18)16-11-14-7-5-6-8-15(14)21-16/h10-11,17,19H,4-9H2,1-3H3. The minimum Gasteiger partial charge on any atom is -0.305 e. The van der Waals surface area contributed by atoms with E-state index in [0.29, 0.717) is 6.04 Å². The van der Waals surface area contributed by atoms with Gasteiger partial charge in [-0.15, -0.1) is 22.7 Å². The van der Waals surface area contributed by atoms with Crippen LogP contribution in [0.15, 0.2) is 12.1 Å². The fourth-order valence-corrected chi connectivity index (χ4v) is 5.76. The van der Waals surface area contributed by atoms with Crippen molar-refractivity contribution < 1.29 is 0 Å². The quantitative estimate of drug-likeness (QED) is 0.778. The number of nitrogens with one attached hydrogen (secondary N) is 1. The first-order valence-electron chi connectivity index (χ1n) is 8.10. The zero-order valence-electron chi connectivity index (χ0n) is 13.3. The van der Waals surface area contributed by atoms with Crippen molar-refractivity contribution >= 4 is 22.7 Å². The molecule has 2 aromatic heterocycles. The molecule has 0 saturated heterocycles. The lowest BCUT2D eigenvalue weighted by Crippen LogP contribution is -2.22. The molecule has 0 saturated carbocycles. The number of fused-ring (bicyclic) bond motifs is 1. The van der Waals surface area contributed by atoms with Crippen molar-refractivity contribution in [2.45, 2.75) is 58.9 Å². The van der Waals surface area contributed by atoms with Crippen LogP contribution >= 0.6 is 22.7 Å². The highest BCUT2D eigenvalue weighted by atomic mass is 32.1. The highest BCUT2D eigenvalue weighted by molar-refractivity contribution is 7.13. The summed E-state index contributed by atoms with van der Waals surface area (Å²) in [5.74, 6) is 0. The van der Waals surface area contributed by atoms with E-state index in [2.05, 4.69) is 49.6 Å². The molecule has 21 heavy (non-hydrogen) atoms. The lowest BCUT2D eigenvalue weighted by Gasteiger charge is -2.17. The van der Waals surface area contributed by atoms with Crippen LogP contribution < -0.4 is 5.32 Å². The van der Waals surface area contributed by atoms with Crippen LogP contribution in [0.5, 0.6) is 0 Å². The van der Waals surface area contributed by atoms with Crippen molar-refractivity contribution in [2.24, 2.45) is 0 Å². The lowest BCUT2D eigenvalue weighted by molar-refractivity contribution is 0.610. The lowest BCUT2D eigenvalue weighted by atomic mass is 9.98. The van der Waals surface area contributed by atoms with Gasteiger partial charge in [0, 0.05) is 19.5 Å². The molecule has 3 rings (SSSR count). The molecule has 1 unspecified atom stereocenters. The van der Waals surface area contributed by atoms with Gasteiger partial charge < -0.3 is 5.32 Å². The number of hydrogen-bond acceptors (Lipinski definition) is 3. The second-order valence-electron chi connectivity index (χ2n) is 6.10. The fraction of sp³-hybridized carbons (Fsp3) is 0.556. The van der Waals surface area contributed by atoms with Gasteiger partial charge in [0.25, 0.3) is 0 Å². The van der Waals surface area contributed by atoms with Gasteiger partial charge in [-0.25, -0.2) is 0 Å². The molecule has 1 nitrogen and oxygen atoms in total. The van der Waals surface area contributed by atoms with Gasteiger partial charge in [-0.2, -0.15) is 0 Å². The Morgan fingerprint density at radius 1 is 1.14 bits per heavy atom. The molecule has 0 aliphatic heterocycles. The summed E-state index contributed by atoms with van der Waals surface area (Å²) >= 11 is 4.01. The third-order valence-corrected chi connectivity index (χ3v) is 6.76. The molecule has 3 heteroatoms. The molecular weight excluding hydrogens is 294 g/mol. The molecule has 2 aromatic rings. The van der Waals surface area contributed by atoms with Crippen molar-refractivity contribution in [1.29, 1.82) is 0 Å². The molecule has 2 heterocycles. The second-order valence-corrected chi connectivity index (χ2v) is 8.55. The van der Waals surface area contributed by atoms with E-state index in [1.54, 1.807) is 10.4 Å². The first-order valence-corrected chi connectivity index (χ1v) is 9.74. The van der Waals surface area contributed by atoms with E-state index in [1.807, 2.05) is 11.3 Å². The first kappa shape index (κ1) is 15.3. The normalized spacial score (nSPS) is 16.0. The minimum atomic E-state index is 0.402. The number of hydrogen-bond donors (Lipinski definition) is 1. The Kier molecular flexibility index (Phi) is 4.82. The Hall–Kier alpha value is -0.640. The smallest absolute Gasteiger partial charge is 0.0767 e. The Labute approximate surface area is 136 Å². The van der Waals surface area contributed by atoms with E-state index in [9.17, 15) is 0 Å². The molecule has 0 bridgehead atoms. The average Bonchev–Trinajstić information content (AvgIpc) is 3.03. The van der Waals surface area contributed by atoms with Gasteiger partial charge in [0.05, 0.1) is 6.04 Å². The van der Waals surface area contributed by atoms with Gasteiger partial charge in [-0.05, 0) is 75.8 Å². The topological polar surface area (TPSA) is 12.0 Å². The van der Waals surface area contributed by atoms with E-state index < -0.39 is 0 Å². The zero-order valence-corrected chi connectivity index (χ0v) is 14.9. The Morgan fingerprint density at radius 2 is 1.95 bits per heavy atom. The first-order chi connectivity index (χ1) is 10.2. The van der Waals surface area contributed by atoms with Crippen LogP contribution in [0.1, 0.15) is 62.9 Å². The van der Waals surface area contributed by atoms with Gasteiger partial charge in [0.1, 0.15) is 0 Å². The molecule has 1 atom stereocenters. The van der Waals surface area contributed by atoms with Crippen molar-refractivity contribution in [3.63, 3.8) is 0 Å². The Balaban J connectivity index is 1.95. The second kappa shape index (κ2) is 6.64. The van der Waals surface area contributed by atoms with Gasteiger partial charge in [0.2, 0.25) is 0 Å². The summed E-state index contributed by atoms with van der Waals surface area (Å²) in [5.41, 5.74) is 3.06. The van der Waals surface area contributed by atoms with Crippen LogP contribution in [-0.2, 0) is 12.8 Å². The molecular formula is C18H25NS2. The van der Waals surface area contributed by atoms with Crippen LogP contribution in [-0.4, -0.2) is 6.54 Å². The summed E-state index contributed by atoms with van der Waals surface area (Å²) in [6, 6.07) is 5.22.